The normalized spacial score (nSPS) is 10.5. The third-order valence-corrected chi connectivity index (χ3v) is 3.14. The third kappa shape index (κ3) is 1.55. The first kappa shape index (κ1) is 8.28. The molecule has 2 rings (SSSR count). The molecule has 0 saturated heterocycles. The van der Waals surface area contributed by atoms with Gasteiger partial charge in [0.1, 0.15) is 5.69 Å². The summed E-state index contributed by atoms with van der Waals surface area (Å²) in [6.45, 7) is 1.97. The summed E-state index contributed by atoms with van der Waals surface area (Å²) < 4.78 is 4.92. The van der Waals surface area contributed by atoms with E-state index in [1.54, 1.807) is 11.3 Å². The first-order valence-electron chi connectivity index (χ1n) is 3.17. The topological polar surface area (TPSA) is 38.7 Å². The van der Waals surface area contributed by atoms with E-state index in [0.29, 0.717) is 5.82 Å². The highest BCUT2D eigenvalue weighted by Gasteiger charge is 2.07. The van der Waals surface area contributed by atoms with Crippen molar-refractivity contribution in [2.24, 2.45) is 0 Å². The Hall–Kier alpha value is -0.330. The number of aromatic nitrogens is 3. The van der Waals surface area contributed by atoms with Crippen molar-refractivity contribution in [1.29, 1.82) is 0 Å². The highest BCUT2D eigenvalue weighted by Crippen LogP contribution is 2.22. The molecule has 0 spiro atoms. The Kier molecular flexibility index (Phi) is 2.20. The van der Waals surface area contributed by atoms with Crippen LogP contribution < -0.4 is 0 Å². The summed E-state index contributed by atoms with van der Waals surface area (Å²) in [6.07, 6.45) is 0. The van der Waals surface area contributed by atoms with Gasteiger partial charge >= 0.3 is 0 Å². The first-order chi connectivity index (χ1) is 5.75. The third-order valence-electron chi connectivity index (χ3n) is 1.25. The summed E-state index contributed by atoms with van der Waals surface area (Å²) in [7, 11) is 0. The molecular weight excluding hydrogens is 258 g/mol. The lowest BCUT2D eigenvalue weighted by Crippen LogP contribution is -1.79. The van der Waals surface area contributed by atoms with E-state index >= 15 is 0 Å². The van der Waals surface area contributed by atoms with E-state index < -0.39 is 0 Å². The van der Waals surface area contributed by atoms with Crippen molar-refractivity contribution in [3.05, 3.63) is 14.3 Å². The van der Waals surface area contributed by atoms with Crippen LogP contribution in [-0.2, 0) is 0 Å². The molecule has 0 unspecified atom stereocenters. The van der Waals surface area contributed by atoms with Gasteiger partial charge < -0.3 is 0 Å². The molecule has 0 saturated carbocycles. The Morgan fingerprint density at radius 3 is 2.75 bits per heavy atom. The van der Waals surface area contributed by atoms with Gasteiger partial charge in [0.15, 0.2) is 9.74 Å². The molecule has 62 valence electrons. The Morgan fingerprint density at radius 2 is 2.25 bits per heavy atom. The van der Waals surface area contributed by atoms with Crippen LogP contribution in [0.15, 0.2) is 9.30 Å². The van der Waals surface area contributed by atoms with Crippen molar-refractivity contribution in [1.82, 2.24) is 14.3 Å². The fraction of sp³-hybridized carbons (Fsp3) is 0.167. The van der Waals surface area contributed by atoms with E-state index in [4.69, 9.17) is 0 Å². The molecule has 2 aromatic rings. The molecule has 0 aliphatic carbocycles. The number of thiazole rings is 1. The first-order valence-corrected chi connectivity index (χ1v) is 5.62. The largest absolute Gasteiger partial charge is 0.238 e. The van der Waals surface area contributed by atoms with Crippen LogP contribution in [-0.4, -0.2) is 14.3 Å². The Morgan fingerprint density at radius 1 is 1.42 bits per heavy atom. The van der Waals surface area contributed by atoms with Crippen LogP contribution in [0.25, 0.3) is 11.5 Å². The van der Waals surface area contributed by atoms with Gasteiger partial charge in [0.05, 0.1) is 5.01 Å². The Labute approximate surface area is 85.8 Å². The van der Waals surface area contributed by atoms with E-state index in [1.807, 2.05) is 12.3 Å². The highest BCUT2D eigenvalue weighted by atomic mass is 79.9. The molecule has 0 atom stereocenters. The molecule has 0 aromatic carbocycles. The molecule has 3 nitrogen and oxygen atoms in total. The number of aryl methyl sites for hydroxylation is 1. The van der Waals surface area contributed by atoms with Crippen molar-refractivity contribution >= 4 is 38.8 Å². The molecule has 0 fully saturated rings. The predicted octanol–water partition coefficient (Wildman–Crippen LogP) is 2.73. The van der Waals surface area contributed by atoms with Crippen LogP contribution in [0.3, 0.4) is 0 Å². The van der Waals surface area contributed by atoms with Crippen molar-refractivity contribution in [3.8, 4) is 11.5 Å². The zero-order valence-electron chi connectivity index (χ0n) is 6.11. The second-order valence-electron chi connectivity index (χ2n) is 2.12. The minimum absolute atomic E-state index is 0.705. The molecule has 6 heteroatoms. The number of halogens is 1. The maximum absolute atomic E-state index is 4.27. The van der Waals surface area contributed by atoms with Crippen molar-refractivity contribution in [2.75, 3.05) is 0 Å². The summed E-state index contributed by atoms with van der Waals surface area (Å²) >= 11 is 6.19. The maximum atomic E-state index is 4.27. The van der Waals surface area contributed by atoms with Crippen LogP contribution in [0.4, 0.5) is 0 Å². The fourth-order valence-electron chi connectivity index (χ4n) is 0.775. The SMILES string of the molecule is Cc1nc(-c2nsc(Br)n2)cs1. The van der Waals surface area contributed by atoms with Gasteiger partial charge in [-0.05, 0) is 34.4 Å². The van der Waals surface area contributed by atoms with Gasteiger partial charge in [0.2, 0.25) is 0 Å². The summed E-state index contributed by atoms with van der Waals surface area (Å²) in [5, 5.41) is 3.00. The van der Waals surface area contributed by atoms with Crippen LogP contribution in [0.5, 0.6) is 0 Å². The standard InChI is InChI=1S/C6H4BrN3S2/c1-3-8-4(2-11-3)5-9-6(7)12-10-5/h2H,1H3. The van der Waals surface area contributed by atoms with Crippen LogP contribution in [0.2, 0.25) is 0 Å². The van der Waals surface area contributed by atoms with E-state index in [2.05, 4.69) is 30.3 Å². The summed E-state index contributed by atoms with van der Waals surface area (Å²) in [4.78, 5) is 8.44. The average molecular weight is 262 g/mol. The van der Waals surface area contributed by atoms with E-state index in [1.165, 1.54) is 11.5 Å². The van der Waals surface area contributed by atoms with Gasteiger partial charge in [0.25, 0.3) is 0 Å². The lowest BCUT2D eigenvalue weighted by atomic mass is 10.5. The van der Waals surface area contributed by atoms with Crippen molar-refractivity contribution in [2.45, 2.75) is 6.92 Å². The molecular formula is C6H4BrN3S2. The summed E-state index contributed by atoms with van der Waals surface area (Å²) in [5.41, 5.74) is 0.861. The van der Waals surface area contributed by atoms with Crippen molar-refractivity contribution < 1.29 is 0 Å². The number of hydrogen-bond acceptors (Lipinski definition) is 5. The molecule has 12 heavy (non-hydrogen) atoms. The maximum Gasteiger partial charge on any atom is 0.193 e. The lowest BCUT2D eigenvalue weighted by Gasteiger charge is -1.82. The van der Waals surface area contributed by atoms with Gasteiger partial charge in [-0.3, -0.25) is 0 Å². The number of rotatable bonds is 1. The monoisotopic (exact) mass is 261 g/mol. The quantitative estimate of drug-likeness (QED) is 0.793. The van der Waals surface area contributed by atoms with Crippen LogP contribution >= 0.6 is 38.8 Å². The number of hydrogen-bond donors (Lipinski definition) is 0. The second-order valence-corrected chi connectivity index (χ2v) is 5.21. The van der Waals surface area contributed by atoms with E-state index in [0.717, 1.165) is 14.6 Å². The molecule has 0 amide bonds. The molecule has 0 bridgehead atoms. The molecule has 0 N–H and O–H groups in total. The molecule has 0 aliphatic rings. The Balaban J connectivity index is 2.43. The summed E-state index contributed by atoms with van der Waals surface area (Å²) in [5.74, 6) is 0.705. The molecule has 2 aromatic heterocycles. The van der Waals surface area contributed by atoms with E-state index in [9.17, 15) is 0 Å². The minimum Gasteiger partial charge on any atom is -0.238 e. The van der Waals surface area contributed by atoms with Gasteiger partial charge in [-0.25, -0.2) is 9.97 Å². The smallest absolute Gasteiger partial charge is 0.193 e. The van der Waals surface area contributed by atoms with Crippen molar-refractivity contribution in [3.63, 3.8) is 0 Å². The highest BCUT2D eigenvalue weighted by molar-refractivity contribution is 9.11. The van der Waals surface area contributed by atoms with Crippen LogP contribution in [0, 0.1) is 6.92 Å². The fourth-order valence-corrected chi connectivity index (χ4v) is 2.18. The number of nitrogens with zero attached hydrogens (tertiary/aromatic N) is 3. The predicted molar refractivity (Wildman–Crippen MR) is 53.5 cm³/mol. The molecule has 2 heterocycles. The molecule has 0 radical (unpaired) electrons. The zero-order valence-corrected chi connectivity index (χ0v) is 9.33. The van der Waals surface area contributed by atoms with Gasteiger partial charge in [-0.15, -0.1) is 11.3 Å². The molecule has 0 aliphatic heterocycles. The zero-order chi connectivity index (χ0) is 8.55. The van der Waals surface area contributed by atoms with Gasteiger partial charge in [0, 0.05) is 5.38 Å². The second kappa shape index (κ2) is 3.20. The Bertz CT molecular complexity index is 357. The van der Waals surface area contributed by atoms with Gasteiger partial charge in [-0.2, -0.15) is 4.37 Å². The minimum atomic E-state index is 0.705. The van der Waals surface area contributed by atoms with Gasteiger partial charge in [-0.1, -0.05) is 0 Å². The van der Waals surface area contributed by atoms with Crippen LogP contribution in [0.1, 0.15) is 5.01 Å². The average Bonchev–Trinajstić information content (AvgIpc) is 2.58. The summed E-state index contributed by atoms with van der Waals surface area (Å²) in [6, 6.07) is 0. The van der Waals surface area contributed by atoms with E-state index in [-0.39, 0.29) is 0 Å². The lowest BCUT2D eigenvalue weighted by molar-refractivity contribution is 1.22.